The molecule has 0 aliphatic carbocycles. The van der Waals surface area contributed by atoms with E-state index in [-0.39, 0.29) is 17.7 Å². The molecule has 2 aromatic heterocycles. The summed E-state index contributed by atoms with van der Waals surface area (Å²) in [4.78, 5) is 21.3. The Labute approximate surface area is 170 Å². The van der Waals surface area contributed by atoms with E-state index in [2.05, 4.69) is 20.6 Å². The lowest BCUT2D eigenvalue weighted by atomic mass is 10.0. The van der Waals surface area contributed by atoms with Gasteiger partial charge in [-0.05, 0) is 24.6 Å². The summed E-state index contributed by atoms with van der Waals surface area (Å²) in [6.45, 7) is 1.43. The topological polar surface area (TPSA) is 71.8 Å². The number of hydrogen-bond acceptors (Lipinski definition) is 5. The van der Waals surface area contributed by atoms with Crippen LogP contribution in [0, 0.1) is 5.82 Å². The minimum Gasteiger partial charge on any atom is -0.365 e. The number of anilines is 1. The molecule has 9 heteroatoms. The highest BCUT2D eigenvalue weighted by molar-refractivity contribution is 5.89. The van der Waals surface area contributed by atoms with Crippen molar-refractivity contribution in [2.75, 3.05) is 18.4 Å². The number of aromatic nitrogens is 3. The molecule has 30 heavy (non-hydrogen) atoms. The minimum atomic E-state index is -2.89. The lowest BCUT2D eigenvalue weighted by Gasteiger charge is -2.16. The van der Waals surface area contributed by atoms with Gasteiger partial charge in [0.2, 0.25) is 0 Å². The van der Waals surface area contributed by atoms with Crippen molar-refractivity contribution in [3.05, 3.63) is 69.5 Å². The number of hydrogen-bond donors (Lipinski definition) is 2. The van der Waals surface area contributed by atoms with Crippen molar-refractivity contribution in [3.8, 4) is 0 Å². The van der Waals surface area contributed by atoms with Crippen LogP contribution in [0.4, 0.5) is 19.0 Å². The first-order valence-corrected chi connectivity index (χ1v) is 9.51. The van der Waals surface area contributed by atoms with Crippen LogP contribution in [0.1, 0.15) is 29.5 Å². The fourth-order valence-electron chi connectivity index (χ4n) is 3.59. The standard InChI is InChI=1S/C21H20F3N5O/c1-29-20-16(9-15(21(29)30)12-5-7-25-8-6-12)19(27-11-28-20)26-10-13-3-2-4-14(17(13)22)18(23)24/h2-5,9,11,18,25H,6-8,10H2,1H3,(H,26,27,28). The molecule has 0 saturated carbocycles. The molecule has 1 aliphatic rings. The second-order valence-electron chi connectivity index (χ2n) is 7.04. The molecular formula is C21H20F3N5O. The zero-order valence-electron chi connectivity index (χ0n) is 16.3. The van der Waals surface area contributed by atoms with E-state index in [1.54, 1.807) is 13.1 Å². The molecule has 156 valence electrons. The Morgan fingerprint density at radius 2 is 2.13 bits per heavy atom. The summed E-state index contributed by atoms with van der Waals surface area (Å²) in [5, 5.41) is 6.81. The summed E-state index contributed by atoms with van der Waals surface area (Å²) >= 11 is 0. The fourth-order valence-corrected chi connectivity index (χ4v) is 3.59. The molecule has 0 bridgehead atoms. The Balaban J connectivity index is 1.73. The van der Waals surface area contributed by atoms with Gasteiger partial charge in [0.25, 0.3) is 12.0 Å². The van der Waals surface area contributed by atoms with Crippen molar-refractivity contribution in [2.45, 2.75) is 19.4 Å². The van der Waals surface area contributed by atoms with Gasteiger partial charge in [-0.3, -0.25) is 9.36 Å². The highest BCUT2D eigenvalue weighted by Gasteiger charge is 2.18. The molecule has 0 radical (unpaired) electrons. The highest BCUT2D eigenvalue weighted by atomic mass is 19.3. The molecule has 1 aromatic carbocycles. The normalized spacial score (nSPS) is 14.2. The van der Waals surface area contributed by atoms with Crippen molar-refractivity contribution in [3.63, 3.8) is 0 Å². The zero-order valence-corrected chi connectivity index (χ0v) is 16.3. The first-order chi connectivity index (χ1) is 14.5. The lowest BCUT2D eigenvalue weighted by Crippen LogP contribution is -2.26. The summed E-state index contributed by atoms with van der Waals surface area (Å²) < 4.78 is 41.7. The average molecular weight is 415 g/mol. The average Bonchev–Trinajstić information content (AvgIpc) is 2.76. The maximum absolute atomic E-state index is 14.4. The van der Waals surface area contributed by atoms with Gasteiger partial charge in [0, 0.05) is 31.3 Å². The van der Waals surface area contributed by atoms with Crippen molar-refractivity contribution >= 4 is 22.4 Å². The maximum Gasteiger partial charge on any atom is 0.266 e. The SMILES string of the molecule is Cn1c(=O)c(C2=CCNCC2)cc2c(NCc3cccc(C(F)F)c3F)ncnc21. The Hall–Kier alpha value is -3.20. The number of halogens is 3. The number of nitrogens with zero attached hydrogens (tertiary/aromatic N) is 3. The summed E-state index contributed by atoms with van der Waals surface area (Å²) in [7, 11) is 1.64. The molecule has 4 rings (SSSR count). The smallest absolute Gasteiger partial charge is 0.266 e. The summed E-state index contributed by atoms with van der Waals surface area (Å²) in [6.07, 6.45) is 1.12. The second kappa shape index (κ2) is 8.27. The van der Waals surface area contributed by atoms with Crippen molar-refractivity contribution in [2.24, 2.45) is 7.05 Å². The Kier molecular flexibility index (Phi) is 5.54. The maximum atomic E-state index is 14.4. The molecule has 1 aliphatic heterocycles. The number of aryl methyl sites for hydroxylation is 1. The second-order valence-corrected chi connectivity index (χ2v) is 7.04. The predicted octanol–water partition coefficient (Wildman–Crippen LogP) is 3.39. The number of rotatable bonds is 5. The van der Waals surface area contributed by atoms with Crippen LogP contribution in [-0.2, 0) is 13.6 Å². The largest absolute Gasteiger partial charge is 0.365 e. The molecule has 0 atom stereocenters. The third kappa shape index (κ3) is 3.68. The molecule has 2 N–H and O–H groups in total. The molecular weight excluding hydrogens is 395 g/mol. The number of fused-ring (bicyclic) bond motifs is 1. The fraction of sp³-hybridized carbons (Fsp3) is 0.286. The first-order valence-electron chi connectivity index (χ1n) is 9.51. The van der Waals surface area contributed by atoms with Gasteiger partial charge in [-0.15, -0.1) is 0 Å². The molecule has 0 saturated heterocycles. The van der Waals surface area contributed by atoms with Gasteiger partial charge in [0.1, 0.15) is 23.6 Å². The van der Waals surface area contributed by atoms with E-state index >= 15 is 0 Å². The van der Waals surface area contributed by atoms with E-state index in [1.807, 2.05) is 6.08 Å². The van der Waals surface area contributed by atoms with E-state index in [4.69, 9.17) is 0 Å². The molecule has 0 amide bonds. The van der Waals surface area contributed by atoms with Gasteiger partial charge in [-0.2, -0.15) is 0 Å². The molecule has 3 heterocycles. The number of nitrogens with one attached hydrogen (secondary N) is 2. The molecule has 6 nitrogen and oxygen atoms in total. The van der Waals surface area contributed by atoms with Crippen LogP contribution < -0.4 is 16.2 Å². The predicted molar refractivity (Wildman–Crippen MR) is 109 cm³/mol. The van der Waals surface area contributed by atoms with Crippen LogP contribution in [0.15, 0.2) is 41.5 Å². The van der Waals surface area contributed by atoms with E-state index in [0.717, 1.165) is 24.6 Å². The van der Waals surface area contributed by atoms with E-state index in [1.165, 1.54) is 23.0 Å². The Bertz CT molecular complexity index is 1190. The van der Waals surface area contributed by atoms with Crippen molar-refractivity contribution < 1.29 is 13.2 Å². The summed E-state index contributed by atoms with van der Waals surface area (Å²) in [6, 6.07) is 5.64. The lowest BCUT2D eigenvalue weighted by molar-refractivity contribution is 0.146. The van der Waals surface area contributed by atoms with Crippen LogP contribution in [0.25, 0.3) is 16.6 Å². The monoisotopic (exact) mass is 415 g/mol. The van der Waals surface area contributed by atoms with Gasteiger partial charge >= 0.3 is 0 Å². The zero-order chi connectivity index (χ0) is 21.3. The summed E-state index contributed by atoms with van der Waals surface area (Å²) in [5.41, 5.74) is 1.25. The van der Waals surface area contributed by atoms with Gasteiger partial charge in [0.05, 0.1) is 10.9 Å². The van der Waals surface area contributed by atoms with E-state index in [0.29, 0.717) is 29.0 Å². The molecule has 0 unspecified atom stereocenters. The highest BCUT2D eigenvalue weighted by Crippen LogP contribution is 2.26. The van der Waals surface area contributed by atoms with Gasteiger partial charge in [0.15, 0.2) is 0 Å². The Morgan fingerprint density at radius 1 is 1.30 bits per heavy atom. The van der Waals surface area contributed by atoms with Crippen molar-refractivity contribution in [1.82, 2.24) is 19.9 Å². The van der Waals surface area contributed by atoms with E-state index in [9.17, 15) is 18.0 Å². The minimum absolute atomic E-state index is 0.0384. The van der Waals surface area contributed by atoms with E-state index < -0.39 is 17.8 Å². The first kappa shape index (κ1) is 20.1. The molecule has 3 aromatic rings. The molecule has 0 fully saturated rings. The summed E-state index contributed by atoms with van der Waals surface area (Å²) in [5.74, 6) is -0.542. The molecule has 0 spiro atoms. The van der Waals surface area contributed by atoms with Crippen LogP contribution >= 0.6 is 0 Å². The number of benzene rings is 1. The van der Waals surface area contributed by atoms with Gasteiger partial charge < -0.3 is 10.6 Å². The van der Waals surface area contributed by atoms with Gasteiger partial charge in [-0.1, -0.05) is 24.3 Å². The third-order valence-electron chi connectivity index (χ3n) is 5.20. The van der Waals surface area contributed by atoms with Crippen LogP contribution in [0.2, 0.25) is 0 Å². The number of alkyl halides is 2. The number of pyridine rings is 1. The van der Waals surface area contributed by atoms with Crippen LogP contribution in [0.3, 0.4) is 0 Å². The van der Waals surface area contributed by atoms with Crippen LogP contribution in [0.5, 0.6) is 0 Å². The van der Waals surface area contributed by atoms with Gasteiger partial charge in [-0.25, -0.2) is 23.1 Å². The quantitative estimate of drug-likeness (QED) is 0.669. The van der Waals surface area contributed by atoms with Crippen LogP contribution in [-0.4, -0.2) is 27.6 Å². The Morgan fingerprint density at radius 3 is 2.87 bits per heavy atom. The third-order valence-corrected chi connectivity index (χ3v) is 5.20. The van der Waals surface area contributed by atoms with Crippen molar-refractivity contribution in [1.29, 1.82) is 0 Å².